The van der Waals surface area contributed by atoms with Crippen LogP contribution in [0, 0.1) is 0 Å². The number of fused-ring (bicyclic) bond motifs is 1. The van der Waals surface area contributed by atoms with Gasteiger partial charge in [-0.3, -0.25) is 4.79 Å². The largest absolute Gasteiger partial charge is 0.508 e. The molecular weight excluding hydrogens is 552 g/mol. The molecule has 12 heteroatoms. The molecule has 218 valence electrons. The second kappa shape index (κ2) is 11.5. The fourth-order valence-corrected chi connectivity index (χ4v) is 4.74. The highest BCUT2D eigenvalue weighted by molar-refractivity contribution is 5.90. The molecule has 2 heterocycles. The normalized spacial score (nSPS) is 22.4. The lowest BCUT2D eigenvalue weighted by Gasteiger charge is -2.41. The Morgan fingerprint density at radius 2 is 1.52 bits per heavy atom. The fourth-order valence-electron chi connectivity index (χ4n) is 4.74. The minimum Gasteiger partial charge on any atom is -0.508 e. The molecule has 7 N–H and O–H groups in total. The van der Waals surface area contributed by atoms with E-state index in [9.17, 15) is 45.3 Å². The number of aliphatic hydroxyl groups is 3. The van der Waals surface area contributed by atoms with Crippen LogP contribution in [0.4, 0.5) is 0 Å². The van der Waals surface area contributed by atoms with Crippen molar-refractivity contribution in [3.05, 3.63) is 88.1 Å². The van der Waals surface area contributed by atoms with Gasteiger partial charge in [0.05, 0.1) is 12.2 Å². The summed E-state index contributed by atoms with van der Waals surface area (Å²) in [5, 5.41) is 71.5. The molecule has 4 aromatic rings. The first-order chi connectivity index (χ1) is 20.1. The molecule has 12 nitrogen and oxygen atoms in total. The third kappa shape index (κ3) is 5.51. The number of phenolic OH excluding ortho intramolecular Hbond substituents is 4. The van der Waals surface area contributed by atoms with Crippen LogP contribution >= 0.6 is 0 Å². The summed E-state index contributed by atoms with van der Waals surface area (Å²) in [4.78, 5) is 25.9. The fraction of sp³-hybridized carbons (Fsp3) is 0.200. The molecule has 0 bridgehead atoms. The van der Waals surface area contributed by atoms with E-state index < -0.39 is 60.0 Å². The number of hydrogen-bond acceptors (Lipinski definition) is 12. The SMILES string of the molecule is O=C(/C=C/c1ccc(O)cc1)O[C@H]1[C@H](O)[C@@H](O)[C@H](CO)O[C@@H]1c1c(O)cc(O)c2c(=O)cc(-c3ccc(O)cc3)oc12. The Bertz CT molecular complexity index is 1690. The van der Waals surface area contributed by atoms with E-state index in [0.29, 0.717) is 11.1 Å². The second-order valence-corrected chi connectivity index (χ2v) is 9.64. The van der Waals surface area contributed by atoms with Gasteiger partial charge in [-0.05, 0) is 48.0 Å². The third-order valence-electron chi connectivity index (χ3n) is 6.86. The predicted octanol–water partition coefficient (Wildman–Crippen LogP) is 2.06. The number of ether oxygens (including phenoxy) is 2. The van der Waals surface area contributed by atoms with Gasteiger partial charge in [0, 0.05) is 23.8 Å². The molecule has 42 heavy (non-hydrogen) atoms. The van der Waals surface area contributed by atoms with Gasteiger partial charge < -0.3 is 49.6 Å². The lowest BCUT2D eigenvalue weighted by Crippen LogP contribution is -2.56. The molecule has 5 atom stereocenters. The van der Waals surface area contributed by atoms with Crippen molar-refractivity contribution in [3.63, 3.8) is 0 Å². The Balaban J connectivity index is 1.61. The summed E-state index contributed by atoms with van der Waals surface area (Å²) in [6, 6.07) is 13.5. The molecule has 0 saturated carbocycles. The van der Waals surface area contributed by atoms with Crippen molar-refractivity contribution in [1.82, 2.24) is 0 Å². The van der Waals surface area contributed by atoms with Crippen molar-refractivity contribution in [2.75, 3.05) is 6.61 Å². The standard InChI is InChI=1S/C30H26O12/c31-13-22-26(38)27(39)30(42-23(37)10-3-14-1-6-16(32)7-2-14)29(41-22)25-19(35)11-18(34)24-20(36)12-21(40-28(24)25)15-4-8-17(33)9-5-15/h1-12,22,26-27,29-35,38-39H,13H2/b10-3+/t22-,26-,27+,29+,30-/m0/s1. The van der Waals surface area contributed by atoms with Crippen molar-refractivity contribution < 1.29 is 54.4 Å². The minimum atomic E-state index is -1.83. The van der Waals surface area contributed by atoms with Gasteiger partial charge in [-0.15, -0.1) is 0 Å². The molecule has 0 aliphatic carbocycles. The summed E-state index contributed by atoms with van der Waals surface area (Å²) < 4.78 is 17.2. The molecule has 5 rings (SSSR count). The highest BCUT2D eigenvalue weighted by atomic mass is 16.6. The monoisotopic (exact) mass is 578 g/mol. The van der Waals surface area contributed by atoms with E-state index in [4.69, 9.17) is 13.9 Å². The van der Waals surface area contributed by atoms with Crippen LogP contribution in [0.1, 0.15) is 17.2 Å². The summed E-state index contributed by atoms with van der Waals surface area (Å²) in [5.74, 6) is -2.30. The van der Waals surface area contributed by atoms with Crippen LogP contribution in [0.15, 0.2) is 76.0 Å². The molecule has 0 amide bonds. The van der Waals surface area contributed by atoms with E-state index in [1.54, 1.807) is 0 Å². The van der Waals surface area contributed by atoms with Gasteiger partial charge in [-0.25, -0.2) is 4.79 Å². The molecule has 1 saturated heterocycles. The van der Waals surface area contributed by atoms with Crippen LogP contribution in [-0.2, 0) is 14.3 Å². The second-order valence-electron chi connectivity index (χ2n) is 9.64. The number of benzene rings is 3. The predicted molar refractivity (Wildman–Crippen MR) is 147 cm³/mol. The number of phenols is 4. The van der Waals surface area contributed by atoms with Crippen LogP contribution in [0.2, 0.25) is 0 Å². The maximum Gasteiger partial charge on any atom is 0.331 e. The van der Waals surface area contributed by atoms with E-state index in [2.05, 4.69) is 0 Å². The number of esters is 1. The van der Waals surface area contributed by atoms with Crippen LogP contribution in [0.25, 0.3) is 28.4 Å². The summed E-state index contributed by atoms with van der Waals surface area (Å²) >= 11 is 0. The van der Waals surface area contributed by atoms with E-state index >= 15 is 0 Å². The quantitative estimate of drug-likeness (QED) is 0.130. The molecule has 1 aliphatic heterocycles. The number of carbonyl (C=O) groups is 1. The van der Waals surface area contributed by atoms with Crippen LogP contribution in [-0.4, -0.2) is 72.7 Å². The van der Waals surface area contributed by atoms with Gasteiger partial charge >= 0.3 is 5.97 Å². The highest BCUT2D eigenvalue weighted by Crippen LogP contribution is 2.44. The Hall–Kier alpha value is -4.88. The molecule has 0 radical (unpaired) electrons. The van der Waals surface area contributed by atoms with Gasteiger partial charge in [0.15, 0.2) is 17.1 Å². The summed E-state index contributed by atoms with van der Waals surface area (Å²) in [7, 11) is 0. The van der Waals surface area contributed by atoms with Crippen LogP contribution in [0.5, 0.6) is 23.0 Å². The summed E-state index contributed by atoms with van der Waals surface area (Å²) in [6.45, 7) is -0.768. The first-order valence-electron chi connectivity index (χ1n) is 12.7. The van der Waals surface area contributed by atoms with E-state index in [0.717, 1.165) is 18.2 Å². The number of hydrogen-bond donors (Lipinski definition) is 7. The van der Waals surface area contributed by atoms with Crippen molar-refractivity contribution >= 4 is 23.0 Å². The maximum atomic E-state index is 13.1. The van der Waals surface area contributed by atoms with Gasteiger partial charge in [0.2, 0.25) is 0 Å². The van der Waals surface area contributed by atoms with Crippen molar-refractivity contribution in [1.29, 1.82) is 0 Å². The first kappa shape index (κ1) is 28.6. The molecule has 0 unspecified atom stereocenters. The zero-order valence-electron chi connectivity index (χ0n) is 21.7. The van der Waals surface area contributed by atoms with Crippen LogP contribution < -0.4 is 5.43 Å². The number of carbonyl (C=O) groups excluding carboxylic acids is 1. The van der Waals surface area contributed by atoms with Crippen molar-refractivity contribution in [3.8, 4) is 34.3 Å². The highest BCUT2D eigenvalue weighted by Gasteiger charge is 2.48. The van der Waals surface area contributed by atoms with E-state index in [1.165, 1.54) is 54.6 Å². The average molecular weight is 579 g/mol. The Kier molecular flexibility index (Phi) is 7.87. The lowest BCUT2D eigenvalue weighted by atomic mass is 9.89. The molecule has 3 aromatic carbocycles. The zero-order valence-corrected chi connectivity index (χ0v) is 21.7. The average Bonchev–Trinajstić information content (AvgIpc) is 2.96. The third-order valence-corrected chi connectivity index (χ3v) is 6.86. The minimum absolute atomic E-state index is 0.0146. The lowest BCUT2D eigenvalue weighted by molar-refractivity contribution is -0.239. The smallest absolute Gasteiger partial charge is 0.331 e. The Morgan fingerprint density at radius 1 is 0.881 bits per heavy atom. The van der Waals surface area contributed by atoms with Gasteiger partial charge in [-0.2, -0.15) is 0 Å². The Labute approximate surface area is 237 Å². The van der Waals surface area contributed by atoms with E-state index in [1.807, 2.05) is 0 Å². The topological polar surface area (TPSA) is 207 Å². The van der Waals surface area contributed by atoms with Gasteiger partial charge in [-0.1, -0.05) is 12.1 Å². The number of aliphatic hydroxyl groups excluding tert-OH is 3. The molecule has 1 aromatic heterocycles. The zero-order chi connectivity index (χ0) is 30.1. The number of rotatable bonds is 6. The molecule has 0 spiro atoms. The van der Waals surface area contributed by atoms with Crippen molar-refractivity contribution in [2.45, 2.75) is 30.5 Å². The van der Waals surface area contributed by atoms with E-state index in [-0.39, 0.29) is 33.8 Å². The number of aromatic hydroxyl groups is 4. The van der Waals surface area contributed by atoms with Crippen molar-refractivity contribution in [2.24, 2.45) is 0 Å². The van der Waals surface area contributed by atoms with Gasteiger partial charge in [0.1, 0.15) is 58.6 Å². The molecule has 1 fully saturated rings. The maximum absolute atomic E-state index is 13.1. The molecule has 1 aliphatic rings. The Morgan fingerprint density at radius 3 is 2.17 bits per heavy atom. The summed E-state index contributed by atoms with van der Waals surface area (Å²) in [5.41, 5.74) is -0.484. The van der Waals surface area contributed by atoms with Gasteiger partial charge in [0.25, 0.3) is 0 Å². The van der Waals surface area contributed by atoms with Crippen LogP contribution in [0.3, 0.4) is 0 Å². The molecular formula is C30H26O12. The summed E-state index contributed by atoms with van der Waals surface area (Å²) in [6.07, 6.45) is -5.84. The first-order valence-corrected chi connectivity index (χ1v) is 12.7.